The Hall–Kier alpha value is -1.65. The maximum atomic E-state index is 13.3. The Morgan fingerprint density at radius 1 is 1.32 bits per heavy atom. The van der Waals surface area contributed by atoms with Gasteiger partial charge in [0.2, 0.25) is 0 Å². The Bertz CT molecular complexity index is 513. The zero-order chi connectivity index (χ0) is 13.6. The van der Waals surface area contributed by atoms with Gasteiger partial charge in [0.05, 0.1) is 0 Å². The Labute approximate surface area is 110 Å². The predicted molar refractivity (Wildman–Crippen MR) is 67.5 cm³/mol. The summed E-state index contributed by atoms with van der Waals surface area (Å²) in [5.74, 6) is -1.50. The van der Waals surface area contributed by atoms with Crippen molar-refractivity contribution >= 4 is 11.6 Å². The number of hydrogen-bond donors (Lipinski definition) is 2. The third-order valence-electron chi connectivity index (χ3n) is 4.28. The lowest BCUT2D eigenvalue weighted by atomic mass is 10.0. The lowest BCUT2D eigenvalue weighted by Gasteiger charge is -2.15. The average molecular weight is 266 g/mol. The standard InChI is InChI=1S/C14H16F2N2O/c15-10-5-8(6-11(16)12(10)17)13(19)18-7-14(3-4-14)9-1-2-9/h5-6,9H,1-4,7,17H2,(H,18,19). The Morgan fingerprint density at radius 3 is 2.37 bits per heavy atom. The molecule has 102 valence electrons. The van der Waals surface area contributed by atoms with E-state index in [2.05, 4.69) is 5.32 Å². The van der Waals surface area contributed by atoms with Crippen molar-refractivity contribution in [2.24, 2.45) is 11.3 Å². The molecule has 2 fully saturated rings. The maximum Gasteiger partial charge on any atom is 0.251 e. The molecule has 3 N–H and O–H groups in total. The summed E-state index contributed by atoms with van der Waals surface area (Å²) in [6, 6.07) is 1.95. The van der Waals surface area contributed by atoms with E-state index in [1.165, 1.54) is 12.8 Å². The number of nitrogens with one attached hydrogen (secondary N) is 1. The number of carbonyl (C=O) groups is 1. The molecule has 3 nitrogen and oxygen atoms in total. The van der Waals surface area contributed by atoms with E-state index >= 15 is 0 Å². The fourth-order valence-corrected chi connectivity index (χ4v) is 2.66. The minimum Gasteiger partial charge on any atom is -0.394 e. The van der Waals surface area contributed by atoms with E-state index in [1.807, 2.05) is 0 Å². The summed E-state index contributed by atoms with van der Waals surface area (Å²) in [5.41, 5.74) is 4.87. The monoisotopic (exact) mass is 266 g/mol. The number of carbonyl (C=O) groups excluding carboxylic acids is 1. The molecule has 0 unspecified atom stereocenters. The third kappa shape index (κ3) is 2.29. The number of halogens is 2. The molecule has 2 saturated carbocycles. The van der Waals surface area contributed by atoms with Crippen LogP contribution in [-0.4, -0.2) is 12.5 Å². The number of nitrogen functional groups attached to an aromatic ring is 1. The van der Waals surface area contributed by atoms with Crippen LogP contribution in [0.1, 0.15) is 36.0 Å². The third-order valence-corrected chi connectivity index (χ3v) is 4.28. The van der Waals surface area contributed by atoms with E-state index in [-0.39, 0.29) is 11.0 Å². The molecule has 0 radical (unpaired) electrons. The van der Waals surface area contributed by atoms with Gasteiger partial charge < -0.3 is 11.1 Å². The van der Waals surface area contributed by atoms with E-state index < -0.39 is 23.2 Å². The molecule has 1 amide bonds. The Balaban J connectivity index is 1.67. The van der Waals surface area contributed by atoms with Gasteiger partial charge in [0.15, 0.2) is 0 Å². The fraction of sp³-hybridized carbons (Fsp3) is 0.500. The number of nitrogens with two attached hydrogens (primary N) is 1. The zero-order valence-electron chi connectivity index (χ0n) is 10.5. The molecule has 0 heterocycles. The van der Waals surface area contributed by atoms with Crippen molar-refractivity contribution in [2.75, 3.05) is 12.3 Å². The smallest absolute Gasteiger partial charge is 0.251 e. The molecule has 0 saturated heterocycles. The molecular formula is C14H16F2N2O. The Kier molecular flexibility index (Phi) is 2.73. The van der Waals surface area contributed by atoms with Crippen molar-refractivity contribution < 1.29 is 13.6 Å². The molecule has 3 rings (SSSR count). The van der Waals surface area contributed by atoms with Gasteiger partial charge in [0.25, 0.3) is 5.91 Å². The molecule has 5 heteroatoms. The summed E-state index contributed by atoms with van der Waals surface area (Å²) in [5, 5.41) is 2.78. The lowest BCUT2D eigenvalue weighted by Crippen LogP contribution is -2.31. The van der Waals surface area contributed by atoms with Gasteiger partial charge in [-0.2, -0.15) is 0 Å². The average Bonchev–Trinajstić information content (AvgIpc) is 3.25. The molecule has 1 aromatic carbocycles. The minimum absolute atomic E-state index is 0.0178. The van der Waals surface area contributed by atoms with Crippen LogP contribution in [0.4, 0.5) is 14.5 Å². The topological polar surface area (TPSA) is 55.1 Å². The highest BCUT2D eigenvalue weighted by Gasteiger charge is 2.53. The van der Waals surface area contributed by atoms with Crippen LogP contribution >= 0.6 is 0 Å². The van der Waals surface area contributed by atoms with Crippen LogP contribution < -0.4 is 11.1 Å². The summed E-state index contributed by atoms with van der Waals surface area (Å²) < 4.78 is 26.6. The molecule has 19 heavy (non-hydrogen) atoms. The predicted octanol–water partition coefficient (Wildman–Crippen LogP) is 2.47. The summed E-state index contributed by atoms with van der Waals surface area (Å²) in [6.45, 7) is 0.601. The molecule has 1 aromatic rings. The van der Waals surface area contributed by atoms with Crippen molar-refractivity contribution in [3.8, 4) is 0 Å². The number of rotatable bonds is 4. The molecule has 0 atom stereocenters. The molecule has 0 spiro atoms. The lowest BCUT2D eigenvalue weighted by molar-refractivity contribution is 0.0941. The largest absolute Gasteiger partial charge is 0.394 e. The molecule has 2 aliphatic rings. The fourth-order valence-electron chi connectivity index (χ4n) is 2.66. The van der Waals surface area contributed by atoms with Gasteiger partial charge in [-0.3, -0.25) is 4.79 Å². The van der Waals surface area contributed by atoms with E-state index in [9.17, 15) is 13.6 Å². The highest BCUT2D eigenvalue weighted by molar-refractivity contribution is 5.94. The minimum atomic E-state index is -0.895. The van der Waals surface area contributed by atoms with Crippen LogP contribution in [-0.2, 0) is 0 Å². The van der Waals surface area contributed by atoms with Crippen LogP contribution in [0.25, 0.3) is 0 Å². The first kappa shape index (κ1) is 12.4. The highest BCUT2D eigenvalue weighted by Crippen LogP contribution is 2.60. The van der Waals surface area contributed by atoms with Gasteiger partial charge in [-0.15, -0.1) is 0 Å². The first-order valence-electron chi connectivity index (χ1n) is 6.54. The summed E-state index contributed by atoms with van der Waals surface area (Å²) >= 11 is 0. The maximum absolute atomic E-state index is 13.3. The van der Waals surface area contributed by atoms with Crippen LogP contribution in [0.2, 0.25) is 0 Å². The number of hydrogen-bond acceptors (Lipinski definition) is 2. The van der Waals surface area contributed by atoms with Crippen LogP contribution in [0.5, 0.6) is 0 Å². The first-order chi connectivity index (χ1) is 9.02. The molecule has 0 aromatic heterocycles. The quantitative estimate of drug-likeness (QED) is 0.822. The van der Waals surface area contributed by atoms with Gasteiger partial charge in [-0.1, -0.05) is 0 Å². The van der Waals surface area contributed by atoms with Crippen molar-refractivity contribution in [2.45, 2.75) is 25.7 Å². The van der Waals surface area contributed by atoms with Gasteiger partial charge in [-0.05, 0) is 49.1 Å². The number of benzene rings is 1. The molecule has 0 aliphatic heterocycles. The molecule has 2 aliphatic carbocycles. The van der Waals surface area contributed by atoms with E-state index in [1.54, 1.807) is 0 Å². The molecular weight excluding hydrogens is 250 g/mol. The summed E-state index contributed by atoms with van der Waals surface area (Å²) in [6.07, 6.45) is 4.76. The summed E-state index contributed by atoms with van der Waals surface area (Å²) in [7, 11) is 0. The van der Waals surface area contributed by atoms with Crippen molar-refractivity contribution in [3.05, 3.63) is 29.3 Å². The number of amides is 1. The van der Waals surface area contributed by atoms with Gasteiger partial charge >= 0.3 is 0 Å². The highest BCUT2D eigenvalue weighted by atomic mass is 19.1. The van der Waals surface area contributed by atoms with Gasteiger partial charge in [0, 0.05) is 12.1 Å². The second-order valence-corrected chi connectivity index (χ2v) is 5.67. The second kappa shape index (κ2) is 4.18. The summed E-state index contributed by atoms with van der Waals surface area (Å²) in [4.78, 5) is 11.9. The molecule has 0 bridgehead atoms. The first-order valence-corrected chi connectivity index (χ1v) is 6.54. The van der Waals surface area contributed by atoms with Crippen LogP contribution in [0.3, 0.4) is 0 Å². The van der Waals surface area contributed by atoms with Crippen molar-refractivity contribution in [3.63, 3.8) is 0 Å². The number of anilines is 1. The van der Waals surface area contributed by atoms with Crippen LogP contribution in [0.15, 0.2) is 12.1 Å². The Morgan fingerprint density at radius 2 is 1.89 bits per heavy atom. The van der Waals surface area contributed by atoms with Crippen molar-refractivity contribution in [1.82, 2.24) is 5.32 Å². The van der Waals surface area contributed by atoms with E-state index in [0.29, 0.717) is 6.54 Å². The van der Waals surface area contributed by atoms with Crippen molar-refractivity contribution in [1.29, 1.82) is 0 Å². The van der Waals surface area contributed by atoms with Gasteiger partial charge in [0.1, 0.15) is 17.3 Å². The second-order valence-electron chi connectivity index (χ2n) is 5.67. The van der Waals surface area contributed by atoms with E-state index in [4.69, 9.17) is 5.73 Å². The normalized spacial score (nSPS) is 20.1. The zero-order valence-corrected chi connectivity index (χ0v) is 10.5. The SMILES string of the molecule is Nc1c(F)cc(C(=O)NCC2(C3CC3)CC2)cc1F. The van der Waals surface area contributed by atoms with Crippen LogP contribution in [0, 0.1) is 23.0 Å². The van der Waals surface area contributed by atoms with E-state index in [0.717, 1.165) is 30.9 Å². The van der Waals surface area contributed by atoms with Gasteiger partial charge in [-0.25, -0.2) is 8.78 Å².